The average Bonchev–Trinajstić information content (AvgIpc) is 3.61. The number of allylic oxidation sites excluding steroid dienone is 2. The number of nitrogens with zero attached hydrogens (tertiary/aromatic N) is 6. The van der Waals surface area contributed by atoms with Crippen LogP contribution in [0.2, 0.25) is 0 Å². The van der Waals surface area contributed by atoms with E-state index in [4.69, 9.17) is 9.72 Å². The van der Waals surface area contributed by atoms with E-state index in [-0.39, 0.29) is 22.8 Å². The number of aromatic nitrogens is 3. The van der Waals surface area contributed by atoms with Crippen molar-refractivity contribution in [1.82, 2.24) is 19.9 Å². The molecule has 0 spiro atoms. The summed E-state index contributed by atoms with van der Waals surface area (Å²) in [6, 6.07) is 10.3. The van der Waals surface area contributed by atoms with Crippen LogP contribution in [0.15, 0.2) is 71.5 Å². The molecule has 2 fully saturated rings. The molecule has 0 N–H and O–H groups in total. The number of ether oxygens (including phenoxy) is 1. The van der Waals surface area contributed by atoms with Crippen molar-refractivity contribution in [3.8, 4) is 17.3 Å². The fourth-order valence-electron chi connectivity index (χ4n) is 7.25. The van der Waals surface area contributed by atoms with Gasteiger partial charge in [-0.05, 0) is 83.0 Å². The summed E-state index contributed by atoms with van der Waals surface area (Å²) < 4.78 is 38.3. The zero-order valence-electron chi connectivity index (χ0n) is 25.9. The molecule has 7 rings (SSSR count). The van der Waals surface area contributed by atoms with Crippen LogP contribution in [0.25, 0.3) is 32.9 Å². The minimum absolute atomic E-state index is 0.0155. The van der Waals surface area contributed by atoms with E-state index < -0.39 is 11.6 Å². The average molecular weight is 609 g/mol. The van der Waals surface area contributed by atoms with Crippen LogP contribution < -0.4 is 9.64 Å². The van der Waals surface area contributed by atoms with Gasteiger partial charge < -0.3 is 9.64 Å². The highest BCUT2D eigenvalue weighted by atomic mass is 19.1. The summed E-state index contributed by atoms with van der Waals surface area (Å²) in [4.78, 5) is 23.4. The maximum absolute atomic E-state index is 16.7. The summed E-state index contributed by atoms with van der Waals surface area (Å²) >= 11 is 0. The molecule has 2 saturated heterocycles. The Labute approximate surface area is 262 Å². The van der Waals surface area contributed by atoms with E-state index in [9.17, 15) is 0 Å². The first-order valence-corrected chi connectivity index (χ1v) is 15.9. The van der Waals surface area contributed by atoms with Crippen molar-refractivity contribution in [2.45, 2.75) is 57.9 Å². The summed E-state index contributed by atoms with van der Waals surface area (Å²) in [5.74, 6) is -0.462. The van der Waals surface area contributed by atoms with Gasteiger partial charge in [0.05, 0.1) is 10.9 Å². The third-order valence-electron chi connectivity index (χ3n) is 9.50. The van der Waals surface area contributed by atoms with E-state index in [0.717, 1.165) is 62.9 Å². The van der Waals surface area contributed by atoms with Gasteiger partial charge in [0.15, 0.2) is 5.82 Å². The number of aliphatic imine (C=N–C) groups is 1. The van der Waals surface area contributed by atoms with Gasteiger partial charge in [-0.25, -0.2) is 8.78 Å². The number of fused-ring (bicyclic) bond motifs is 3. The SMILES string of the molecule is CC1=N/C=C\C=C(/C)CN(c2nc(OCC34CCCN3CCC4)nc3c(F)c(-c4cccc5cccc(F)c45)ncc23)CCC1. The fourth-order valence-corrected chi connectivity index (χ4v) is 7.25. The number of anilines is 1. The molecule has 0 bridgehead atoms. The molecular formula is C36H38F2N6O. The lowest BCUT2D eigenvalue weighted by atomic mass is 9.95. The number of benzene rings is 2. The lowest BCUT2D eigenvalue weighted by Gasteiger charge is -2.31. The Balaban J connectivity index is 1.36. The molecule has 7 nitrogen and oxygen atoms in total. The molecule has 0 unspecified atom stereocenters. The third-order valence-corrected chi connectivity index (χ3v) is 9.50. The van der Waals surface area contributed by atoms with Gasteiger partial charge in [-0.3, -0.25) is 14.9 Å². The zero-order chi connectivity index (χ0) is 31.0. The van der Waals surface area contributed by atoms with E-state index in [1.165, 1.54) is 6.07 Å². The predicted octanol–water partition coefficient (Wildman–Crippen LogP) is 7.65. The van der Waals surface area contributed by atoms with Crippen LogP contribution in [0.5, 0.6) is 6.01 Å². The monoisotopic (exact) mass is 608 g/mol. The lowest BCUT2D eigenvalue weighted by Crippen LogP contribution is -2.43. The number of hydrogen-bond donors (Lipinski definition) is 0. The smallest absolute Gasteiger partial charge is 0.319 e. The Morgan fingerprint density at radius 2 is 1.76 bits per heavy atom. The van der Waals surface area contributed by atoms with Crippen molar-refractivity contribution in [2.75, 3.05) is 37.7 Å². The molecule has 232 valence electrons. The van der Waals surface area contributed by atoms with Gasteiger partial charge in [0, 0.05) is 42.1 Å². The van der Waals surface area contributed by atoms with Crippen LogP contribution in [0, 0.1) is 11.6 Å². The summed E-state index contributed by atoms with van der Waals surface area (Å²) in [6.45, 7) is 7.98. The second kappa shape index (κ2) is 12.3. The highest BCUT2D eigenvalue weighted by Gasteiger charge is 2.45. The summed E-state index contributed by atoms with van der Waals surface area (Å²) in [5, 5.41) is 1.50. The number of rotatable bonds is 5. The standard InChI is InChI=1S/C36H38F2N6O/c1-24-9-5-17-39-25(2)10-6-18-43(22-24)34-28-21-40-32(27-13-3-11-26-12-4-14-29(37)30(26)27)31(38)33(28)41-35(42-34)45-23-36-15-7-19-44(36)20-8-16-36/h3-5,9,11-14,17,21H,6-8,10,15-16,18-20,22-23H2,1-2H3/b17-5-,24-9+,39-25?. The van der Waals surface area contributed by atoms with Crippen LogP contribution >= 0.6 is 0 Å². The number of hydrogen-bond acceptors (Lipinski definition) is 7. The Bertz CT molecular complexity index is 1840. The first-order valence-electron chi connectivity index (χ1n) is 15.9. The first kappa shape index (κ1) is 29.5. The topological polar surface area (TPSA) is 66.7 Å². The van der Waals surface area contributed by atoms with Crippen molar-refractivity contribution in [3.63, 3.8) is 0 Å². The summed E-state index contributed by atoms with van der Waals surface area (Å²) in [6.07, 6.45) is 13.6. The molecule has 2 aromatic heterocycles. The van der Waals surface area contributed by atoms with Gasteiger partial charge in [0.25, 0.3) is 0 Å². The van der Waals surface area contributed by atoms with Gasteiger partial charge in [-0.2, -0.15) is 9.97 Å². The van der Waals surface area contributed by atoms with Gasteiger partial charge in [0.2, 0.25) is 0 Å². The minimum atomic E-state index is -0.616. The van der Waals surface area contributed by atoms with Crippen molar-refractivity contribution in [1.29, 1.82) is 0 Å². The Morgan fingerprint density at radius 3 is 2.58 bits per heavy atom. The molecule has 2 aromatic carbocycles. The minimum Gasteiger partial charge on any atom is -0.461 e. The number of pyridine rings is 1. The second-order valence-corrected chi connectivity index (χ2v) is 12.6. The molecular weight excluding hydrogens is 570 g/mol. The third kappa shape index (κ3) is 5.70. The van der Waals surface area contributed by atoms with E-state index >= 15 is 8.78 Å². The van der Waals surface area contributed by atoms with Gasteiger partial charge in [-0.1, -0.05) is 42.0 Å². The molecule has 9 heteroatoms. The second-order valence-electron chi connectivity index (χ2n) is 12.6. The molecule has 0 atom stereocenters. The molecule has 3 aliphatic heterocycles. The Hall–Kier alpha value is -4.24. The molecule has 0 amide bonds. The quantitative estimate of drug-likeness (QED) is 0.232. The molecule has 0 saturated carbocycles. The molecule has 3 aliphatic rings. The maximum Gasteiger partial charge on any atom is 0.319 e. The van der Waals surface area contributed by atoms with Crippen LogP contribution in [0.3, 0.4) is 0 Å². The predicted molar refractivity (Wildman–Crippen MR) is 176 cm³/mol. The van der Waals surface area contributed by atoms with Crippen molar-refractivity contribution in [3.05, 3.63) is 78.2 Å². The number of halogens is 2. The fraction of sp³-hybridized carbons (Fsp3) is 0.389. The molecule has 0 aliphatic carbocycles. The van der Waals surface area contributed by atoms with Crippen molar-refractivity contribution < 1.29 is 13.5 Å². The van der Waals surface area contributed by atoms with E-state index in [0.29, 0.717) is 47.2 Å². The largest absolute Gasteiger partial charge is 0.461 e. The van der Waals surface area contributed by atoms with Gasteiger partial charge in [-0.15, -0.1) is 0 Å². The van der Waals surface area contributed by atoms with Crippen LogP contribution in [-0.2, 0) is 0 Å². The van der Waals surface area contributed by atoms with E-state index in [1.807, 2.05) is 37.4 Å². The van der Waals surface area contributed by atoms with Crippen LogP contribution in [0.4, 0.5) is 14.6 Å². The van der Waals surface area contributed by atoms with E-state index in [2.05, 4.69) is 31.7 Å². The zero-order valence-corrected chi connectivity index (χ0v) is 25.9. The molecule has 4 aromatic rings. The summed E-state index contributed by atoms with van der Waals surface area (Å²) in [5.41, 5.74) is 2.70. The highest BCUT2D eigenvalue weighted by molar-refractivity contribution is 5.99. The van der Waals surface area contributed by atoms with Gasteiger partial charge in [0.1, 0.15) is 29.5 Å². The van der Waals surface area contributed by atoms with Gasteiger partial charge >= 0.3 is 6.01 Å². The normalized spacial score (nSPS) is 20.8. The Morgan fingerprint density at radius 1 is 0.956 bits per heavy atom. The van der Waals surface area contributed by atoms with Crippen LogP contribution in [-0.4, -0.2) is 63.9 Å². The van der Waals surface area contributed by atoms with E-state index in [1.54, 1.807) is 24.4 Å². The van der Waals surface area contributed by atoms with Crippen LogP contribution in [0.1, 0.15) is 52.4 Å². The molecule has 45 heavy (non-hydrogen) atoms. The van der Waals surface area contributed by atoms with Crippen molar-refractivity contribution in [2.24, 2.45) is 4.99 Å². The highest BCUT2D eigenvalue weighted by Crippen LogP contribution is 2.40. The molecule has 0 radical (unpaired) electrons. The summed E-state index contributed by atoms with van der Waals surface area (Å²) in [7, 11) is 0. The van der Waals surface area contributed by atoms with Crippen molar-refractivity contribution >= 4 is 33.2 Å². The maximum atomic E-state index is 16.7. The Kier molecular flexibility index (Phi) is 8.04. The first-order chi connectivity index (χ1) is 21.9. The molecule has 5 heterocycles. The lowest BCUT2D eigenvalue weighted by molar-refractivity contribution is 0.108.